The second-order valence-electron chi connectivity index (χ2n) is 5.75. The normalized spacial score (nSPS) is 13.3. The fourth-order valence-corrected chi connectivity index (χ4v) is 3.22. The Morgan fingerprint density at radius 3 is 2.58 bits per heavy atom. The molecule has 0 aliphatic heterocycles. The summed E-state index contributed by atoms with van der Waals surface area (Å²) in [5.41, 5.74) is 1.96. The Morgan fingerprint density at radius 2 is 2.04 bits per heavy atom. The number of carbonyl (C=O) groups is 1. The van der Waals surface area contributed by atoms with Crippen LogP contribution in [0, 0.1) is 6.92 Å². The second kappa shape index (κ2) is 8.80. The molecule has 0 spiro atoms. The summed E-state index contributed by atoms with van der Waals surface area (Å²) in [5.74, 6) is 0. The van der Waals surface area contributed by atoms with Gasteiger partial charge in [-0.25, -0.2) is 9.78 Å². The Kier molecular flexibility index (Phi) is 6.75. The number of hydrogen-bond donors (Lipinski definition) is 2. The van der Waals surface area contributed by atoms with Gasteiger partial charge in [0.1, 0.15) is 5.01 Å². The molecular weight excluding hydrogens is 322 g/mol. The minimum Gasteiger partial charge on any atom is -0.387 e. The van der Waals surface area contributed by atoms with Crippen molar-refractivity contribution < 1.29 is 9.90 Å². The van der Waals surface area contributed by atoms with Crippen molar-refractivity contribution in [3.8, 4) is 0 Å². The van der Waals surface area contributed by atoms with E-state index in [0.717, 1.165) is 22.6 Å². The van der Waals surface area contributed by atoms with E-state index in [1.165, 1.54) is 11.3 Å². The summed E-state index contributed by atoms with van der Waals surface area (Å²) < 4.78 is 0. The number of thiazole rings is 1. The van der Waals surface area contributed by atoms with E-state index in [9.17, 15) is 9.90 Å². The van der Waals surface area contributed by atoms with Gasteiger partial charge < -0.3 is 15.3 Å². The second-order valence-corrected chi connectivity index (χ2v) is 6.67. The molecule has 0 fully saturated rings. The summed E-state index contributed by atoms with van der Waals surface area (Å²) in [6.45, 7) is 6.73. The Labute approximate surface area is 147 Å². The molecule has 2 aromatic rings. The Balaban J connectivity index is 1.99. The number of aryl methyl sites for hydroxylation is 1. The van der Waals surface area contributed by atoms with Gasteiger partial charge in [-0.1, -0.05) is 36.8 Å². The molecule has 0 saturated carbocycles. The van der Waals surface area contributed by atoms with Gasteiger partial charge in [0.15, 0.2) is 0 Å². The van der Waals surface area contributed by atoms with Gasteiger partial charge in [-0.3, -0.25) is 0 Å². The number of aliphatic hydroxyl groups is 1. The van der Waals surface area contributed by atoms with Crippen molar-refractivity contribution in [2.75, 3.05) is 13.1 Å². The molecule has 1 aromatic heterocycles. The van der Waals surface area contributed by atoms with Gasteiger partial charge in [0.25, 0.3) is 0 Å². The zero-order valence-corrected chi connectivity index (χ0v) is 15.2. The van der Waals surface area contributed by atoms with Crippen molar-refractivity contribution >= 4 is 17.4 Å². The molecule has 1 heterocycles. The molecule has 0 saturated heterocycles. The van der Waals surface area contributed by atoms with E-state index in [2.05, 4.69) is 10.3 Å². The molecule has 1 aromatic carbocycles. The van der Waals surface area contributed by atoms with Gasteiger partial charge in [-0.2, -0.15) is 0 Å². The zero-order valence-electron chi connectivity index (χ0n) is 14.4. The Bertz CT molecular complexity index is 628. The smallest absolute Gasteiger partial charge is 0.318 e. The third-order valence-corrected chi connectivity index (χ3v) is 4.87. The van der Waals surface area contributed by atoms with E-state index in [4.69, 9.17) is 0 Å². The average molecular weight is 347 g/mol. The number of urea groups is 1. The molecule has 2 N–H and O–H groups in total. The highest BCUT2D eigenvalue weighted by Crippen LogP contribution is 2.20. The highest BCUT2D eigenvalue weighted by Gasteiger charge is 2.21. The van der Waals surface area contributed by atoms with E-state index in [0.29, 0.717) is 6.54 Å². The highest BCUT2D eigenvalue weighted by molar-refractivity contribution is 7.09. The fourth-order valence-electron chi connectivity index (χ4n) is 2.44. The molecule has 130 valence electrons. The van der Waals surface area contributed by atoms with Gasteiger partial charge in [0.2, 0.25) is 0 Å². The molecule has 24 heavy (non-hydrogen) atoms. The van der Waals surface area contributed by atoms with Crippen LogP contribution in [-0.4, -0.2) is 34.1 Å². The maximum atomic E-state index is 12.5. The molecule has 2 rings (SSSR count). The first-order valence-electron chi connectivity index (χ1n) is 8.24. The van der Waals surface area contributed by atoms with Gasteiger partial charge >= 0.3 is 6.03 Å². The Morgan fingerprint density at radius 1 is 1.33 bits per heavy atom. The van der Waals surface area contributed by atoms with E-state index < -0.39 is 6.10 Å². The number of rotatable bonds is 7. The number of likely N-dealkylation sites (N-methyl/N-ethyl adjacent to an activating group) is 1. The predicted octanol–water partition coefficient (Wildman–Crippen LogP) is 3.67. The number of nitrogens with one attached hydrogen (secondary N) is 1. The summed E-state index contributed by atoms with van der Waals surface area (Å²) in [7, 11) is 0. The average Bonchev–Trinajstić information content (AvgIpc) is 3.12. The monoisotopic (exact) mass is 347 g/mol. The van der Waals surface area contributed by atoms with Gasteiger partial charge in [0, 0.05) is 18.1 Å². The van der Waals surface area contributed by atoms with Crippen LogP contribution >= 0.6 is 11.3 Å². The first-order valence-corrected chi connectivity index (χ1v) is 9.12. The standard InChI is InChI=1S/C18H25N3O2S/c1-4-15(17-19-10-11-24-17)20-18(23)21(5-2)12-16(22)14-8-6-13(3)7-9-14/h6-11,15-16,22H,4-5,12H2,1-3H3,(H,20,23). The molecule has 0 bridgehead atoms. The minimum absolute atomic E-state index is 0.0944. The molecule has 0 aliphatic rings. The molecule has 5 nitrogen and oxygen atoms in total. The van der Waals surface area contributed by atoms with Crippen LogP contribution in [0.1, 0.15) is 48.5 Å². The Hall–Kier alpha value is -1.92. The van der Waals surface area contributed by atoms with Crippen LogP contribution in [0.5, 0.6) is 0 Å². The van der Waals surface area contributed by atoms with Crippen LogP contribution in [-0.2, 0) is 0 Å². The lowest BCUT2D eigenvalue weighted by molar-refractivity contribution is 0.122. The lowest BCUT2D eigenvalue weighted by Gasteiger charge is -2.26. The minimum atomic E-state index is -0.698. The third-order valence-electron chi connectivity index (χ3n) is 3.98. The van der Waals surface area contributed by atoms with Gasteiger partial charge in [-0.05, 0) is 25.8 Å². The van der Waals surface area contributed by atoms with E-state index in [1.807, 2.05) is 50.4 Å². The van der Waals surface area contributed by atoms with Crippen LogP contribution in [0.4, 0.5) is 4.79 Å². The molecule has 2 amide bonds. The van der Waals surface area contributed by atoms with Crippen molar-refractivity contribution in [2.24, 2.45) is 0 Å². The third kappa shape index (κ3) is 4.79. The van der Waals surface area contributed by atoms with Crippen molar-refractivity contribution in [2.45, 2.75) is 39.3 Å². The van der Waals surface area contributed by atoms with Gasteiger partial charge in [0.05, 0.1) is 18.7 Å². The summed E-state index contributed by atoms with van der Waals surface area (Å²) in [6, 6.07) is 7.45. The zero-order chi connectivity index (χ0) is 17.5. The number of benzene rings is 1. The van der Waals surface area contributed by atoms with Crippen LogP contribution in [0.15, 0.2) is 35.8 Å². The molecular formula is C18H25N3O2S. The van der Waals surface area contributed by atoms with E-state index in [1.54, 1.807) is 11.1 Å². The number of aromatic nitrogens is 1. The van der Waals surface area contributed by atoms with Crippen molar-refractivity contribution in [3.63, 3.8) is 0 Å². The van der Waals surface area contributed by atoms with Crippen LogP contribution < -0.4 is 5.32 Å². The number of hydrogen-bond acceptors (Lipinski definition) is 4. The first kappa shape index (κ1) is 18.4. The number of nitrogens with zero attached hydrogens (tertiary/aromatic N) is 2. The molecule has 2 atom stereocenters. The fraction of sp³-hybridized carbons (Fsp3) is 0.444. The predicted molar refractivity (Wildman–Crippen MR) is 97.1 cm³/mol. The van der Waals surface area contributed by atoms with Crippen LogP contribution in [0.3, 0.4) is 0 Å². The van der Waals surface area contributed by atoms with Crippen molar-refractivity contribution in [1.82, 2.24) is 15.2 Å². The lowest BCUT2D eigenvalue weighted by Crippen LogP contribution is -2.43. The van der Waals surface area contributed by atoms with Crippen LogP contribution in [0.2, 0.25) is 0 Å². The first-order chi connectivity index (χ1) is 11.5. The maximum Gasteiger partial charge on any atom is 0.318 e. The summed E-state index contributed by atoms with van der Waals surface area (Å²) >= 11 is 1.54. The molecule has 6 heteroatoms. The SMILES string of the molecule is CCC(NC(=O)N(CC)CC(O)c1ccc(C)cc1)c1nccs1. The molecule has 2 unspecified atom stereocenters. The lowest BCUT2D eigenvalue weighted by atomic mass is 10.1. The quantitative estimate of drug-likeness (QED) is 0.803. The highest BCUT2D eigenvalue weighted by atomic mass is 32.1. The van der Waals surface area contributed by atoms with Crippen molar-refractivity contribution in [3.05, 3.63) is 52.0 Å². The summed E-state index contributed by atoms with van der Waals surface area (Å²) in [4.78, 5) is 18.4. The topological polar surface area (TPSA) is 65.5 Å². The summed E-state index contributed by atoms with van der Waals surface area (Å²) in [5, 5.41) is 16.2. The van der Waals surface area contributed by atoms with E-state index >= 15 is 0 Å². The molecule has 0 radical (unpaired) electrons. The van der Waals surface area contributed by atoms with Crippen LogP contribution in [0.25, 0.3) is 0 Å². The van der Waals surface area contributed by atoms with Gasteiger partial charge in [-0.15, -0.1) is 11.3 Å². The number of aliphatic hydroxyl groups excluding tert-OH is 1. The number of carbonyl (C=O) groups excluding carboxylic acids is 1. The van der Waals surface area contributed by atoms with Crippen molar-refractivity contribution in [1.29, 1.82) is 0 Å². The van der Waals surface area contributed by atoms with E-state index in [-0.39, 0.29) is 18.6 Å². The number of amides is 2. The summed E-state index contributed by atoms with van der Waals surface area (Å²) in [6.07, 6.45) is 1.82. The largest absolute Gasteiger partial charge is 0.387 e. The molecule has 0 aliphatic carbocycles. The maximum absolute atomic E-state index is 12.5.